The molecule has 0 saturated carbocycles. The molecule has 1 aromatic rings. The molecule has 0 aromatic heterocycles. The van der Waals surface area contributed by atoms with E-state index in [4.69, 9.17) is 4.74 Å². The highest BCUT2D eigenvalue weighted by Crippen LogP contribution is 2.18. The van der Waals surface area contributed by atoms with Crippen LogP contribution in [0.1, 0.15) is 57.2 Å². The minimum absolute atomic E-state index is 0.330. The molecule has 0 bridgehead atoms. The lowest BCUT2D eigenvalue weighted by molar-refractivity contribution is -0.122. The van der Waals surface area contributed by atoms with Crippen LogP contribution in [-0.4, -0.2) is 30.6 Å². The normalized spacial score (nSPS) is 14.1. The van der Waals surface area contributed by atoms with Gasteiger partial charge in [0.1, 0.15) is 0 Å². The topological polar surface area (TPSA) is 29.5 Å². The summed E-state index contributed by atoms with van der Waals surface area (Å²) in [6, 6.07) is 6.73. The van der Waals surface area contributed by atoms with Crippen molar-refractivity contribution >= 4 is 6.41 Å². The highest BCUT2D eigenvalue weighted by molar-refractivity contribution is 5.48. The number of hydrogen-bond acceptors (Lipinski definition) is 2. The molecule has 22 heavy (non-hydrogen) atoms. The number of carbonyl (C=O) groups is 1. The van der Waals surface area contributed by atoms with E-state index < -0.39 is 0 Å². The van der Waals surface area contributed by atoms with Crippen LogP contribution < -0.4 is 0 Å². The zero-order valence-corrected chi connectivity index (χ0v) is 15.2. The van der Waals surface area contributed by atoms with Gasteiger partial charge < -0.3 is 9.64 Å². The van der Waals surface area contributed by atoms with Gasteiger partial charge in [0.25, 0.3) is 0 Å². The van der Waals surface area contributed by atoms with Crippen molar-refractivity contribution in [2.24, 2.45) is 0 Å². The molecule has 1 aromatic carbocycles. The first kappa shape index (κ1) is 20.6. The molecule has 2 rings (SSSR count). The summed E-state index contributed by atoms with van der Waals surface area (Å²) in [5.41, 5.74) is 3.74. The van der Waals surface area contributed by atoms with Crippen molar-refractivity contribution in [3.63, 3.8) is 0 Å². The monoisotopic (exact) mass is 307 g/mol. The summed E-state index contributed by atoms with van der Waals surface area (Å²) in [6.07, 6.45) is 2.88. The van der Waals surface area contributed by atoms with Gasteiger partial charge in [-0.1, -0.05) is 51.5 Å². The van der Waals surface area contributed by atoms with Crippen molar-refractivity contribution in [3.05, 3.63) is 34.9 Å². The van der Waals surface area contributed by atoms with Crippen LogP contribution >= 0.6 is 0 Å². The summed E-state index contributed by atoms with van der Waals surface area (Å²) in [4.78, 5) is 13.2. The van der Waals surface area contributed by atoms with Gasteiger partial charge in [-0.05, 0) is 37.8 Å². The molecule has 0 N–H and O–H groups in total. The molecule has 3 heteroatoms. The van der Waals surface area contributed by atoms with Crippen molar-refractivity contribution in [3.8, 4) is 0 Å². The lowest BCUT2D eigenvalue weighted by atomic mass is 10.0. The van der Waals surface area contributed by atoms with E-state index in [0.29, 0.717) is 12.6 Å². The van der Waals surface area contributed by atoms with E-state index in [0.717, 1.165) is 32.5 Å². The van der Waals surface area contributed by atoms with Crippen LogP contribution in [0.3, 0.4) is 0 Å². The van der Waals surface area contributed by atoms with Crippen LogP contribution in [0, 0.1) is 13.8 Å². The summed E-state index contributed by atoms with van der Waals surface area (Å²) >= 11 is 0. The van der Waals surface area contributed by atoms with Gasteiger partial charge in [-0.2, -0.15) is 0 Å². The van der Waals surface area contributed by atoms with Crippen LogP contribution in [-0.2, 0) is 16.1 Å². The first-order valence-electron chi connectivity index (χ1n) is 8.55. The van der Waals surface area contributed by atoms with E-state index in [1.807, 2.05) is 32.6 Å². The summed E-state index contributed by atoms with van der Waals surface area (Å²) in [5, 5.41) is 0. The molecule has 1 aliphatic rings. The molecule has 1 heterocycles. The molecular weight excluding hydrogens is 274 g/mol. The molecule has 0 atom stereocenters. The van der Waals surface area contributed by atoms with Crippen LogP contribution in [0.25, 0.3) is 0 Å². The fourth-order valence-electron chi connectivity index (χ4n) is 2.44. The zero-order chi connectivity index (χ0) is 17.0. The number of carbonyl (C=O) groups excluding carboxylic acids is 1. The van der Waals surface area contributed by atoms with E-state index in [1.165, 1.54) is 16.7 Å². The zero-order valence-electron chi connectivity index (χ0n) is 15.2. The van der Waals surface area contributed by atoms with Crippen molar-refractivity contribution in [2.45, 2.75) is 67.0 Å². The Morgan fingerprint density at radius 3 is 2.27 bits per heavy atom. The second-order valence-corrected chi connectivity index (χ2v) is 5.05. The minimum Gasteiger partial charge on any atom is -0.381 e. The number of amides is 1. The standard InChI is InChI=1S/C15H21NO2.2C2H6/c1-12-3-4-13(2)14(9-12)10-16(11-17)15-5-7-18-8-6-15;2*1-2/h3-4,9,11,15H,5-8,10H2,1-2H3;2*1-2H3. The molecule has 0 aliphatic carbocycles. The number of hydrogen-bond donors (Lipinski definition) is 0. The number of ether oxygens (including phenoxy) is 1. The molecule has 3 nitrogen and oxygen atoms in total. The first-order chi connectivity index (χ1) is 10.7. The van der Waals surface area contributed by atoms with Crippen LogP contribution in [0.2, 0.25) is 0 Å². The van der Waals surface area contributed by atoms with Crippen molar-refractivity contribution in [1.82, 2.24) is 4.90 Å². The SMILES string of the molecule is CC.CC.Cc1ccc(C)c(CN(C=O)C2CCOCC2)c1. The van der Waals surface area contributed by atoms with Gasteiger partial charge in [0, 0.05) is 25.8 Å². The summed E-state index contributed by atoms with van der Waals surface area (Å²) < 4.78 is 5.34. The highest BCUT2D eigenvalue weighted by atomic mass is 16.5. The lowest BCUT2D eigenvalue weighted by Gasteiger charge is -2.31. The van der Waals surface area contributed by atoms with Crippen molar-refractivity contribution in [2.75, 3.05) is 13.2 Å². The quantitative estimate of drug-likeness (QED) is 0.767. The Morgan fingerprint density at radius 2 is 1.73 bits per heavy atom. The van der Waals surface area contributed by atoms with E-state index in [-0.39, 0.29) is 0 Å². The molecule has 126 valence electrons. The Bertz CT molecular complexity index is 412. The second-order valence-electron chi connectivity index (χ2n) is 5.05. The third kappa shape index (κ3) is 6.61. The first-order valence-corrected chi connectivity index (χ1v) is 8.55. The van der Waals surface area contributed by atoms with Gasteiger partial charge in [-0.3, -0.25) is 4.79 Å². The van der Waals surface area contributed by atoms with Crippen LogP contribution in [0.15, 0.2) is 18.2 Å². The summed E-state index contributed by atoms with van der Waals surface area (Å²) in [7, 11) is 0. The van der Waals surface area contributed by atoms with Gasteiger partial charge in [0.15, 0.2) is 0 Å². The summed E-state index contributed by atoms with van der Waals surface area (Å²) in [5.74, 6) is 0. The van der Waals surface area contributed by atoms with Crippen LogP contribution in [0.5, 0.6) is 0 Å². The second kappa shape index (κ2) is 12.2. The van der Waals surface area contributed by atoms with E-state index in [1.54, 1.807) is 0 Å². The Hall–Kier alpha value is -1.35. The fraction of sp³-hybridized carbons (Fsp3) is 0.632. The van der Waals surface area contributed by atoms with Crippen molar-refractivity contribution in [1.29, 1.82) is 0 Å². The van der Waals surface area contributed by atoms with Gasteiger partial charge in [0.2, 0.25) is 6.41 Å². The molecule has 0 unspecified atom stereocenters. The van der Waals surface area contributed by atoms with Gasteiger partial charge in [-0.15, -0.1) is 0 Å². The Balaban J connectivity index is 0.00000102. The third-order valence-electron chi connectivity index (χ3n) is 3.65. The minimum atomic E-state index is 0.330. The smallest absolute Gasteiger partial charge is 0.210 e. The van der Waals surface area contributed by atoms with Gasteiger partial charge in [0.05, 0.1) is 0 Å². The summed E-state index contributed by atoms with van der Waals surface area (Å²) in [6.45, 7) is 14.4. The Labute approximate surface area is 136 Å². The van der Waals surface area contributed by atoms with Crippen LogP contribution in [0.4, 0.5) is 0 Å². The Kier molecular flexibility index (Phi) is 11.5. The molecule has 1 saturated heterocycles. The number of benzene rings is 1. The molecule has 0 radical (unpaired) electrons. The highest BCUT2D eigenvalue weighted by Gasteiger charge is 2.20. The van der Waals surface area contributed by atoms with Gasteiger partial charge >= 0.3 is 0 Å². The number of aryl methyl sites for hydroxylation is 2. The van der Waals surface area contributed by atoms with Crippen molar-refractivity contribution < 1.29 is 9.53 Å². The molecular formula is C19H33NO2. The average Bonchev–Trinajstić information content (AvgIpc) is 2.60. The predicted octanol–water partition coefficient (Wildman–Crippen LogP) is 4.49. The average molecular weight is 307 g/mol. The molecule has 0 spiro atoms. The lowest BCUT2D eigenvalue weighted by Crippen LogP contribution is -2.38. The maximum Gasteiger partial charge on any atom is 0.210 e. The number of nitrogens with zero attached hydrogens (tertiary/aromatic N) is 1. The third-order valence-corrected chi connectivity index (χ3v) is 3.65. The maximum atomic E-state index is 11.3. The Morgan fingerprint density at radius 1 is 1.14 bits per heavy atom. The fourth-order valence-corrected chi connectivity index (χ4v) is 2.44. The van der Waals surface area contributed by atoms with E-state index in [9.17, 15) is 4.79 Å². The largest absolute Gasteiger partial charge is 0.381 e. The predicted molar refractivity (Wildman–Crippen MR) is 94.1 cm³/mol. The maximum absolute atomic E-state index is 11.3. The number of rotatable bonds is 4. The molecule has 1 fully saturated rings. The van der Waals surface area contributed by atoms with E-state index >= 15 is 0 Å². The van der Waals surface area contributed by atoms with Gasteiger partial charge in [-0.25, -0.2) is 0 Å². The van der Waals surface area contributed by atoms with E-state index in [2.05, 4.69) is 32.0 Å². The molecule has 1 aliphatic heterocycles. The molecule has 1 amide bonds.